The normalized spacial score (nSPS) is 34.5. The number of carbonyl (C=O) groups is 1. The molecule has 1 saturated carbocycles. The molecule has 1 N–H and O–H groups in total. The number of hydrogen-bond donors (Lipinski definition) is 1. The summed E-state index contributed by atoms with van der Waals surface area (Å²) >= 11 is 0. The Bertz CT molecular complexity index is 622. The molecule has 3 nitrogen and oxygen atoms in total. The van der Waals surface area contributed by atoms with Crippen LogP contribution in [0.2, 0.25) is 0 Å². The largest absolute Gasteiger partial charge is 0.508 e. The van der Waals surface area contributed by atoms with Gasteiger partial charge in [-0.05, 0) is 67.8 Å². The zero-order valence-electron chi connectivity index (χ0n) is 13.5. The Morgan fingerprint density at radius 1 is 1.36 bits per heavy atom. The zero-order valence-corrected chi connectivity index (χ0v) is 13.5. The van der Waals surface area contributed by atoms with Gasteiger partial charge in [-0.25, -0.2) is 0 Å². The average molecular weight is 299 g/mol. The molecule has 2 fully saturated rings. The molecule has 1 aromatic carbocycles. The topological polar surface area (TPSA) is 40.5 Å². The maximum absolute atomic E-state index is 13.1. The predicted molar refractivity (Wildman–Crippen MR) is 86.3 cm³/mol. The average Bonchev–Trinajstić information content (AvgIpc) is 3.30. The van der Waals surface area contributed by atoms with Gasteiger partial charge in [-0.1, -0.05) is 13.8 Å². The first-order valence-corrected chi connectivity index (χ1v) is 8.68. The van der Waals surface area contributed by atoms with E-state index in [2.05, 4.69) is 18.7 Å². The van der Waals surface area contributed by atoms with Crippen molar-refractivity contribution in [3.63, 3.8) is 0 Å². The fourth-order valence-corrected chi connectivity index (χ4v) is 4.95. The van der Waals surface area contributed by atoms with Crippen LogP contribution in [0.5, 0.6) is 5.75 Å². The van der Waals surface area contributed by atoms with E-state index in [9.17, 15) is 9.90 Å². The quantitative estimate of drug-likeness (QED) is 0.930. The molecule has 3 heteroatoms. The molecule has 3 atom stereocenters. The Morgan fingerprint density at radius 3 is 2.82 bits per heavy atom. The summed E-state index contributed by atoms with van der Waals surface area (Å²) in [6.07, 6.45) is 4.79. The maximum Gasteiger partial charge on any atom is 0.180 e. The molecular weight excluding hydrogens is 274 g/mol. The van der Waals surface area contributed by atoms with Gasteiger partial charge in [0.15, 0.2) is 5.78 Å². The highest BCUT2D eigenvalue weighted by Crippen LogP contribution is 2.51. The standard InChI is InChI=1S/C19H25NO2/c1-3-19-8-9-20(11-13-4-5-13)17(12(19)2)18(22)15-7-6-14(21)10-16(15)19/h6-7,10,12-13,17,21H,3-5,8-9,11H2,1-2H3/t12-,17+,19?/m0/s1. The second-order valence-corrected chi connectivity index (χ2v) is 7.53. The number of carbonyl (C=O) groups excluding carboxylic acids is 1. The molecule has 22 heavy (non-hydrogen) atoms. The molecule has 0 amide bonds. The van der Waals surface area contributed by atoms with Gasteiger partial charge in [-0.15, -0.1) is 0 Å². The lowest BCUT2D eigenvalue weighted by atomic mass is 9.56. The number of phenols is 1. The van der Waals surface area contributed by atoms with Crippen LogP contribution in [0, 0.1) is 11.8 Å². The summed E-state index contributed by atoms with van der Waals surface area (Å²) in [7, 11) is 0. The molecule has 0 spiro atoms. The van der Waals surface area contributed by atoms with Crippen LogP contribution in [0.1, 0.15) is 55.5 Å². The zero-order chi connectivity index (χ0) is 15.5. The van der Waals surface area contributed by atoms with Crippen molar-refractivity contribution in [3.05, 3.63) is 29.3 Å². The number of ketones is 1. The Morgan fingerprint density at radius 2 is 2.14 bits per heavy atom. The summed E-state index contributed by atoms with van der Waals surface area (Å²) in [6, 6.07) is 5.39. The number of hydrogen-bond acceptors (Lipinski definition) is 3. The van der Waals surface area contributed by atoms with Crippen molar-refractivity contribution in [1.29, 1.82) is 0 Å². The fraction of sp³-hybridized carbons (Fsp3) is 0.632. The van der Waals surface area contributed by atoms with Gasteiger partial charge in [0, 0.05) is 17.5 Å². The first kappa shape index (κ1) is 14.3. The molecule has 0 radical (unpaired) electrons. The van der Waals surface area contributed by atoms with E-state index in [1.54, 1.807) is 6.07 Å². The number of phenolic OH excluding ortho intramolecular Hbond substituents is 1. The molecule has 2 aliphatic carbocycles. The number of fused-ring (bicyclic) bond motifs is 4. The smallest absolute Gasteiger partial charge is 0.180 e. The van der Waals surface area contributed by atoms with Gasteiger partial charge in [0.25, 0.3) is 0 Å². The fourth-order valence-electron chi connectivity index (χ4n) is 4.95. The van der Waals surface area contributed by atoms with Gasteiger partial charge in [-0.2, -0.15) is 0 Å². The van der Waals surface area contributed by atoms with Crippen molar-refractivity contribution >= 4 is 5.78 Å². The molecule has 4 rings (SSSR count). The summed E-state index contributed by atoms with van der Waals surface area (Å²) in [5.41, 5.74) is 1.99. The van der Waals surface area contributed by atoms with Gasteiger partial charge in [0.2, 0.25) is 0 Å². The van der Waals surface area contributed by atoms with E-state index in [0.29, 0.717) is 5.92 Å². The maximum atomic E-state index is 13.1. The third-order valence-corrected chi connectivity index (χ3v) is 6.48. The van der Waals surface area contributed by atoms with Crippen LogP contribution in [0.15, 0.2) is 18.2 Å². The highest BCUT2D eigenvalue weighted by Gasteiger charge is 2.54. The van der Waals surface area contributed by atoms with Crippen molar-refractivity contribution in [2.75, 3.05) is 13.1 Å². The van der Waals surface area contributed by atoms with Crippen molar-refractivity contribution in [3.8, 4) is 5.75 Å². The molecule has 118 valence electrons. The Kier molecular flexibility index (Phi) is 3.12. The van der Waals surface area contributed by atoms with Crippen LogP contribution < -0.4 is 0 Å². The van der Waals surface area contributed by atoms with Gasteiger partial charge < -0.3 is 5.11 Å². The monoisotopic (exact) mass is 299 g/mol. The minimum atomic E-state index is 0.0337. The Hall–Kier alpha value is -1.35. The summed E-state index contributed by atoms with van der Waals surface area (Å²) in [5, 5.41) is 9.93. The van der Waals surface area contributed by atoms with E-state index >= 15 is 0 Å². The summed E-state index contributed by atoms with van der Waals surface area (Å²) in [4.78, 5) is 15.5. The third kappa shape index (κ3) is 1.88. The van der Waals surface area contributed by atoms with Crippen molar-refractivity contribution in [1.82, 2.24) is 4.90 Å². The molecule has 1 heterocycles. The summed E-state index contributed by atoms with van der Waals surface area (Å²) < 4.78 is 0. The minimum absolute atomic E-state index is 0.0337. The highest BCUT2D eigenvalue weighted by atomic mass is 16.3. The minimum Gasteiger partial charge on any atom is -0.508 e. The second-order valence-electron chi connectivity index (χ2n) is 7.53. The Balaban J connectivity index is 1.81. The first-order chi connectivity index (χ1) is 10.6. The molecule has 1 saturated heterocycles. The van der Waals surface area contributed by atoms with Crippen LogP contribution >= 0.6 is 0 Å². The molecule has 2 bridgehead atoms. The molecular formula is C19H25NO2. The molecule has 0 aromatic heterocycles. The van der Waals surface area contributed by atoms with Gasteiger partial charge in [0.1, 0.15) is 5.75 Å². The van der Waals surface area contributed by atoms with Gasteiger partial charge >= 0.3 is 0 Å². The number of rotatable bonds is 3. The van der Waals surface area contributed by atoms with E-state index < -0.39 is 0 Å². The van der Waals surface area contributed by atoms with Gasteiger partial charge in [-0.3, -0.25) is 9.69 Å². The molecule has 1 unspecified atom stereocenters. The summed E-state index contributed by atoms with van der Waals surface area (Å²) in [5.74, 6) is 1.69. The lowest BCUT2D eigenvalue weighted by molar-refractivity contribution is 0.0196. The second kappa shape index (κ2) is 4.82. The summed E-state index contributed by atoms with van der Waals surface area (Å²) in [6.45, 7) is 6.58. The lowest BCUT2D eigenvalue weighted by Gasteiger charge is -2.55. The van der Waals surface area contributed by atoms with E-state index in [1.165, 1.54) is 12.8 Å². The molecule has 1 aliphatic heterocycles. The van der Waals surface area contributed by atoms with Crippen LogP contribution in [0.3, 0.4) is 0 Å². The number of benzene rings is 1. The number of Topliss-reactive ketones (excluding diaryl/α,β-unsaturated/α-hetero) is 1. The van der Waals surface area contributed by atoms with E-state index in [-0.39, 0.29) is 23.0 Å². The predicted octanol–water partition coefficient (Wildman–Crippen LogP) is 3.36. The number of aromatic hydroxyl groups is 1. The van der Waals surface area contributed by atoms with Crippen molar-refractivity contribution in [2.45, 2.75) is 51.0 Å². The Labute approximate surface area is 132 Å². The number of nitrogens with zero attached hydrogens (tertiary/aromatic N) is 1. The van der Waals surface area contributed by atoms with Crippen molar-refractivity contribution < 1.29 is 9.90 Å². The number of piperidine rings is 1. The highest BCUT2D eigenvalue weighted by molar-refractivity contribution is 6.03. The van der Waals surface area contributed by atoms with Gasteiger partial charge in [0.05, 0.1) is 6.04 Å². The van der Waals surface area contributed by atoms with Crippen LogP contribution in [0.25, 0.3) is 0 Å². The molecule has 1 aromatic rings. The van der Waals surface area contributed by atoms with Crippen molar-refractivity contribution in [2.24, 2.45) is 11.8 Å². The third-order valence-electron chi connectivity index (χ3n) is 6.48. The molecule has 3 aliphatic rings. The van der Waals surface area contributed by atoms with E-state index in [0.717, 1.165) is 43.0 Å². The van der Waals surface area contributed by atoms with Crippen LogP contribution in [-0.4, -0.2) is 34.9 Å². The van der Waals surface area contributed by atoms with Crippen LogP contribution in [-0.2, 0) is 5.41 Å². The number of likely N-dealkylation sites (tertiary alicyclic amines) is 1. The SMILES string of the molecule is CCC12CCN(CC3CC3)[C@@H](C(=O)c3ccc(O)cc31)[C@@H]2C. The van der Waals surface area contributed by atoms with E-state index in [4.69, 9.17) is 0 Å². The lowest BCUT2D eigenvalue weighted by Crippen LogP contribution is -2.61. The first-order valence-electron chi connectivity index (χ1n) is 8.68. The van der Waals surface area contributed by atoms with Crippen LogP contribution in [0.4, 0.5) is 0 Å². The van der Waals surface area contributed by atoms with E-state index in [1.807, 2.05) is 12.1 Å².